The molecular weight excluding hydrogens is 148 g/mol. The van der Waals surface area contributed by atoms with Gasteiger partial charge in [0, 0.05) is 5.97 Å². The summed E-state index contributed by atoms with van der Waals surface area (Å²) in [7, 11) is 0. The summed E-state index contributed by atoms with van der Waals surface area (Å²) in [6.45, 7) is 0.972. The zero-order valence-electron chi connectivity index (χ0n) is 3.60. The van der Waals surface area contributed by atoms with Crippen LogP contribution in [0.25, 0.3) is 0 Å². The predicted molar refractivity (Wildman–Crippen MR) is 16.4 cm³/mol. The SMILES string of the molecule is CC(=O)[O-].[Al+3].[Zn+2]. The van der Waals surface area contributed by atoms with E-state index in [1.807, 2.05) is 0 Å². The van der Waals surface area contributed by atoms with Crippen molar-refractivity contribution in [2.24, 2.45) is 0 Å². The van der Waals surface area contributed by atoms with Crippen molar-refractivity contribution in [1.29, 1.82) is 0 Å². The molecule has 0 N–H and O–H groups in total. The first-order valence-electron chi connectivity index (χ1n) is 0.908. The normalized spacial score (nSPS) is 4.17. The summed E-state index contributed by atoms with van der Waals surface area (Å²) in [5.41, 5.74) is 0. The van der Waals surface area contributed by atoms with Crippen LogP contribution in [-0.2, 0) is 24.3 Å². The fourth-order valence-corrected chi connectivity index (χ4v) is 0. The molecule has 0 bridgehead atoms. The first-order chi connectivity index (χ1) is 1.73. The second kappa shape index (κ2) is 9.16. The molecule has 0 heterocycles. The van der Waals surface area contributed by atoms with Crippen molar-refractivity contribution in [2.45, 2.75) is 6.92 Å². The van der Waals surface area contributed by atoms with E-state index in [2.05, 4.69) is 0 Å². The van der Waals surface area contributed by atoms with E-state index in [1.54, 1.807) is 0 Å². The third-order valence-electron chi connectivity index (χ3n) is 0. The first kappa shape index (κ1) is 16.0. The minimum absolute atomic E-state index is 0. The molecule has 0 aromatic heterocycles. The van der Waals surface area contributed by atoms with Crippen LogP contribution in [0.1, 0.15) is 6.92 Å². The van der Waals surface area contributed by atoms with E-state index in [0.29, 0.717) is 0 Å². The van der Waals surface area contributed by atoms with Gasteiger partial charge in [-0.05, 0) is 6.92 Å². The van der Waals surface area contributed by atoms with Crippen LogP contribution in [0.5, 0.6) is 0 Å². The summed E-state index contributed by atoms with van der Waals surface area (Å²) in [5.74, 6) is -1.08. The van der Waals surface area contributed by atoms with Gasteiger partial charge in [0.15, 0.2) is 0 Å². The van der Waals surface area contributed by atoms with E-state index in [-0.39, 0.29) is 36.8 Å². The second-order valence-electron chi connectivity index (χ2n) is 0.492. The van der Waals surface area contributed by atoms with E-state index in [0.717, 1.165) is 6.92 Å². The molecular formula is C2H3AlO2Zn+4. The van der Waals surface area contributed by atoms with Gasteiger partial charge >= 0.3 is 36.8 Å². The monoisotopic (exact) mass is 150 g/mol. The second-order valence-corrected chi connectivity index (χ2v) is 0.492. The Bertz CT molecular complexity index is 34.5. The van der Waals surface area contributed by atoms with Crippen molar-refractivity contribution >= 4 is 23.3 Å². The van der Waals surface area contributed by atoms with Crippen LogP contribution in [0.2, 0.25) is 0 Å². The number of rotatable bonds is 0. The minimum Gasteiger partial charge on any atom is -0.550 e. The van der Waals surface area contributed by atoms with Gasteiger partial charge in [0.25, 0.3) is 0 Å². The van der Waals surface area contributed by atoms with Gasteiger partial charge in [-0.3, -0.25) is 0 Å². The third-order valence-corrected chi connectivity index (χ3v) is 0. The summed E-state index contributed by atoms with van der Waals surface area (Å²) >= 11 is 0. The number of hydrogen-bond acceptors (Lipinski definition) is 2. The van der Waals surface area contributed by atoms with Gasteiger partial charge < -0.3 is 9.90 Å². The summed E-state index contributed by atoms with van der Waals surface area (Å²) in [6.07, 6.45) is 0. The molecule has 0 saturated heterocycles. The smallest absolute Gasteiger partial charge is 0.550 e. The van der Waals surface area contributed by atoms with Gasteiger partial charge in [-0.15, -0.1) is 0 Å². The van der Waals surface area contributed by atoms with Crippen LogP contribution in [-0.4, -0.2) is 23.3 Å². The van der Waals surface area contributed by atoms with E-state index in [1.165, 1.54) is 0 Å². The number of carboxylic acid groups (broad SMARTS) is 1. The number of hydrogen-bond donors (Lipinski definition) is 0. The van der Waals surface area contributed by atoms with Gasteiger partial charge in [-0.2, -0.15) is 0 Å². The molecule has 0 unspecified atom stereocenters. The van der Waals surface area contributed by atoms with E-state index >= 15 is 0 Å². The number of carbonyl (C=O) groups is 1. The van der Waals surface area contributed by atoms with Crippen molar-refractivity contribution in [1.82, 2.24) is 0 Å². The van der Waals surface area contributed by atoms with Crippen LogP contribution in [0, 0.1) is 0 Å². The van der Waals surface area contributed by atoms with E-state index in [4.69, 9.17) is 9.90 Å². The molecule has 0 radical (unpaired) electrons. The molecule has 2 nitrogen and oxygen atoms in total. The van der Waals surface area contributed by atoms with Crippen molar-refractivity contribution in [2.75, 3.05) is 0 Å². The Kier molecular flexibility index (Phi) is 24.3. The molecule has 24 valence electrons. The maximum Gasteiger partial charge on any atom is 3.00 e. The molecule has 0 aliphatic carbocycles. The molecule has 0 atom stereocenters. The fourth-order valence-electron chi connectivity index (χ4n) is 0. The van der Waals surface area contributed by atoms with Gasteiger partial charge in [0.05, 0.1) is 0 Å². The number of aliphatic carboxylic acids is 1. The number of carbonyl (C=O) groups excluding carboxylic acids is 1. The fraction of sp³-hybridized carbons (Fsp3) is 0.500. The average Bonchev–Trinajstić information content (AvgIpc) is 0.811. The molecule has 6 heavy (non-hydrogen) atoms. The minimum atomic E-state index is -1.08. The molecule has 0 aliphatic heterocycles. The summed E-state index contributed by atoms with van der Waals surface area (Å²) in [5, 5.41) is 8.89. The zero-order chi connectivity index (χ0) is 3.58. The Hall–Kier alpha value is 0.626. The van der Waals surface area contributed by atoms with E-state index in [9.17, 15) is 0 Å². The Balaban J connectivity index is -0.0000000450. The molecule has 0 aromatic carbocycles. The van der Waals surface area contributed by atoms with Crippen LogP contribution in [0.15, 0.2) is 0 Å². The van der Waals surface area contributed by atoms with Crippen molar-refractivity contribution in [3.05, 3.63) is 0 Å². The molecule has 0 spiro atoms. The summed E-state index contributed by atoms with van der Waals surface area (Å²) in [6, 6.07) is 0. The molecule has 0 aliphatic rings. The van der Waals surface area contributed by atoms with Crippen molar-refractivity contribution in [3.8, 4) is 0 Å². The standard InChI is InChI=1S/C2H4O2.Al.Zn/c1-2(3)4;;/h1H3,(H,3,4);;/q;+3;+2/p-1. The molecule has 0 rings (SSSR count). The Morgan fingerprint density at radius 1 is 1.67 bits per heavy atom. The number of carboxylic acids is 1. The maximum absolute atomic E-state index is 8.89. The topological polar surface area (TPSA) is 40.1 Å². The molecule has 0 saturated carbocycles. The van der Waals surface area contributed by atoms with Crippen LogP contribution < -0.4 is 5.11 Å². The molecule has 0 fully saturated rings. The van der Waals surface area contributed by atoms with E-state index < -0.39 is 5.97 Å². The van der Waals surface area contributed by atoms with Crippen molar-refractivity contribution < 1.29 is 29.4 Å². The van der Waals surface area contributed by atoms with Crippen molar-refractivity contribution in [3.63, 3.8) is 0 Å². The van der Waals surface area contributed by atoms with Crippen LogP contribution >= 0.6 is 0 Å². The Labute approximate surface area is 59.8 Å². The largest absolute Gasteiger partial charge is 3.00 e. The zero-order valence-corrected chi connectivity index (χ0v) is 7.72. The van der Waals surface area contributed by atoms with Crippen LogP contribution in [0.3, 0.4) is 0 Å². The van der Waals surface area contributed by atoms with Crippen LogP contribution in [0.4, 0.5) is 0 Å². The summed E-state index contributed by atoms with van der Waals surface area (Å²) in [4.78, 5) is 8.89. The van der Waals surface area contributed by atoms with Gasteiger partial charge in [-0.25, -0.2) is 0 Å². The Morgan fingerprint density at radius 3 is 1.67 bits per heavy atom. The molecule has 0 amide bonds. The first-order valence-corrected chi connectivity index (χ1v) is 0.908. The van der Waals surface area contributed by atoms with Gasteiger partial charge in [0.2, 0.25) is 0 Å². The quantitative estimate of drug-likeness (QED) is 0.390. The maximum atomic E-state index is 8.89. The third kappa shape index (κ3) is 155. The average molecular weight is 151 g/mol. The molecule has 4 heteroatoms. The summed E-state index contributed by atoms with van der Waals surface area (Å²) < 4.78 is 0. The molecule has 0 aromatic rings. The van der Waals surface area contributed by atoms with Gasteiger partial charge in [0.1, 0.15) is 0 Å². The predicted octanol–water partition coefficient (Wildman–Crippen LogP) is -1.63. The Morgan fingerprint density at radius 2 is 1.67 bits per heavy atom. The van der Waals surface area contributed by atoms with Gasteiger partial charge in [-0.1, -0.05) is 0 Å².